The summed E-state index contributed by atoms with van der Waals surface area (Å²) in [6, 6.07) is 2.63. The van der Waals surface area contributed by atoms with E-state index in [1.807, 2.05) is 0 Å². The van der Waals surface area contributed by atoms with Crippen LogP contribution in [0.1, 0.15) is 23.2 Å². The van der Waals surface area contributed by atoms with Gasteiger partial charge in [0.2, 0.25) is 0 Å². The number of nitrogens with zero attached hydrogens (tertiary/aromatic N) is 1. The smallest absolute Gasteiger partial charge is 0.313 e. The van der Waals surface area contributed by atoms with E-state index in [2.05, 4.69) is 0 Å². The number of amides is 1. The van der Waals surface area contributed by atoms with Crippen LogP contribution in [0.2, 0.25) is 0 Å². The fourth-order valence-electron chi connectivity index (χ4n) is 2.77. The molecule has 0 bridgehead atoms. The summed E-state index contributed by atoms with van der Waals surface area (Å²) in [5, 5.41) is 9.44. The van der Waals surface area contributed by atoms with Gasteiger partial charge in [-0.25, -0.2) is 8.78 Å². The van der Waals surface area contributed by atoms with Crippen LogP contribution in [0.5, 0.6) is 0 Å². The van der Waals surface area contributed by atoms with E-state index in [0.717, 1.165) is 18.2 Å². The van der Waals surface area contributed by atoms with E-state index in [9.17, 15) is 23.5 Å². The Hall–Kier alpha value is -2.02. The average molecular weight is 313 g/mol. The molecule has 0 aromatic heterocycles. The Labute approximate surface area is 126 Å². The number of carboxylic acids is 1. The maximum absolute atomic E-state index is 13.7. The second-order valence-electron chi connectivity index (χ2n) is 5.47. The number of hydrogen-bond donors (Lipinski definition) is 1. The highest BCUT2D eigenvalue weighted by molar-refractivity contribution is 5.95. The molecule has 1 heterocycles. The molecule has 5 nitrogen and oxygen atoms in total. The fourth-order valence-corrected chi connectivity index (χ4v) is 2.77. The highest BCUT2D eigenvalue weighted by atomic mass is 19.1. The number of likely N-dealkylation sites (tertiary alicyclic amines) is 1. The molecule has 1 saturated heterocycles. The zero-order valence-electron chi connectivity index (χ0n) is 12.1. The third kappa shape index (κ3) is 3.09. The van der Waals surface area contributed by atoms with Crippen LogP contribution >= 0.6 is 0 Å². The van der Waals surface area contributed by atoms with Crippen molar-refractivity contribution in [3.8, 4) is 0 Å². The van der Waals surface area contributed by atoms with Gasteiger partial charge in [0.1, 0.15) is 17.0 Å². The standard InChI is InChI=1S/C15H17F2NO4/c1-22-9-15(14(20)21)5-2-6-18(8-15)13(19)11-7-10(16)3-4-12(11)17/h3-4,7H,2,5-6,8-9H2,1H3,(H,20,21). The first-order valence-corrected chi connectivity index (χ1v) is 6.86. The molecule has 7 heteroatoms. The lowest BCUT2D eigenvalue weighted by atomic mass is 9.80. The number of carboxylic acid groups (broad SMARTS) is 1. The van der Waals surface area contributed by atoms with E-state index < -0.39 is 34.5 Å². The predicted molar refractivity (Wildman–Crippen MR) is 73.4 cm³/mol. The third-order valence-corrected chi connectivity index (χ3v) is 3.90. The fraction of sp³-hybridized carbons (Fsp3) is 0.467. The lowest BCUT2D eigenvalue weighted by Crippen LogP contribution is -2.52. The molecule has 1 aliphatic heterocycles. The molecular formula is C15H17F2NO4. The van der Waals surface area contributed by atoms with Gasteiger partial charge < -0.3 is 14.7 Å². The topological polar surface area (TPSA) is 66.8 Å². The molecule has 1 amide bonds. The predicted octanol–water partition coefficient (Wildman–Crippen LogP) is 1.92. The largest absolute Gasteiger partial charge is 0.481 e. The minimum atomic E-state index is -1.22. The molecule has 120 valence electrons. The maximum Gasteiger partial charge on any atom is 0.313 e. The SMILES string of the molecule is COCC1(C(=O)O)CCCN(C(=O)c2cc(F)ccc2F)C1. The van der Waals surface area contributed by atoms with E-state index in [1.54, 1.807) is 0 Å². The minimum absolute atomic E-state index is 0.0439. The van der Waals surface area contributed by atoms with E-state index >= 15 is 0 Å². The lowest BCUT2D eigenvalue weighted by Gasteiger charge is -2.39. The molecule has 0 radical (unpaired) electrons. The molecular weight excluding hydrogens is 296 g/mol. The van der Waals surface area contributed by atoms with Crippen molar-refractivity contribution in [3.05, 3.63) is 35.4 Å². The van der Waals surface area contributed by atoms with E-state index in [4.69, 9.17) is 4.74 Å². The van der Waals surface area contributed by atoms with Crippen molar-refractivity contribution >= 4 is 11.9 Å². The van der Waals surface area contributed by atoms with Crippen molar-refractivity contribution in [3.63, 3.8) is 0 Å². The van der Waals surface area contributed by atoms with Gasteiger partial charge in [0.15, 0.2) is 0 Å². The summed E-state index contributed by atoms with van der Waals surface area (Å²) in [7, 11) is 1.39. The average Bonchev–Trinajstić information content (AvgIpc) is 2.49. The summed E-state index contributed by atoms with van der Waals surface area (Å²) in [6.45, 7) is 0.163. The number of halogens is 2. The highest BCUT2D eigenvalue weighted by Crippen LogP contribution is 2.31. The lowest BCUT2D eigenvalue weighted by molar-refractivity contribution is -0.155. The molecule has 0 aliphatic carbocycles. The van der Waals surface area contributed by atoms with Gasteiger partial charge in [-0.15, -0.1) is 0 Å². The first-order valence-electron chi connectivity index (χ1n) is 6.86. The van der Waals surface area contributed by atoms with Crippen molar-refractivity contribution in [2.45, 2.75) is 12.8 Å². The Morgan fingerprint density at radius 1 is 1.41 bits per heavy atom. The number of aliphatic carboxylic acids is 1. The van der Waals surface area contributed by atoms with E-state index in [0.29, 0.717) is 19.4 Å². The molecule has 1 aliphatic rings. The van der Waals surface area contributed by atoms with Crippen molar-refractivity contribution in [1.82, 2.24) is 4.90 Å². The van der Waals surface area contributed by atoms with E-state index in [-0.39, 0.29) is 13.2 Å². The highest BCUT2D eigenvalue weighted by Gasteiger charge is 2.44. The number of ether oxygens (including phenoxy) is 1. The molecule has 1 aromatic carbocycles. The number of methoxy groups -OCH3 is 1. The summed E-state index contributed by atoms with van der Waals surface area (Å²) in [6.07, 6.45) is 0.823. The first-order chi connectivity index (χ1) is 10.4. The number of benzene rings is 1. The molecule has 1 unspecified atom stereocenters. The van der Waals surface area contributed by atoms with Gasteiger partial charge in [-0.1, -0.05) is 0 Å². The Morgan fingerprint density at radius 2 is 2.14 bits per heavy atom. The number of rotatable bonds is 4. The normalized spacial score (nSPS) is 21.7. The molecule has 0 spiro atoms. The van der Waals surface area contributed by atoms with Gasteiger partial charge in [0.25, 0.3) is 5.91 Å². The molecule has 1 aromatic rings. The van der Waals surface area contributed by atoms with Gasteiger partial charge in [-0.3, -0.25) is 9.59 Å². The van der Waals surface area contributed by atoms with Crippen LogP contribution in [0.4, 0.5) is 8.78 Å². The van der Waals surface area contributed by atoms with Gasteiger partial charge >= 0.3 is 5.97 Å². The maximum atomic E-state index is 13.7. The summed E-state index contributed by atoms with van der Waals surface area (Å²) in [5.41, 5.74) is -1.61. The summed E-state index contributed by atoms with van der Waals surface area (Å²) < 4.78 is 31.9. The zero-order valence-corrected chi connectivity index (χ0v) is 12.1. The summed E-state index contributed by atoms with van der Waals surface area (Å²) in [4.78, 5) is 25.2. The Morgan fingerprint density at radius 3 is 2.77 bits per heavy atom. The van der Waals surface area contributed by atoms with Crippen LogP contribution in [0.3, 0.4) is 0 Å². The Bertz CT molecular complexity index is 589. The number of carbonyl (C=O) groups excluding carboxylic acids is 1. The Kier molecular flexibility index (Phi) is 4.75. The van der Waals surface area contributed by atoms with Crippen molar-refractivity contribution < 1.29 is 28.2 Å². The molecule has 1 fully saturated rings. The second kappa shape index (κ2) is 6.39. The molecule has 22 heavy (non-hydrogen) atoms. The van der Waals surface area contributed by atoms with Gasteiger partial charge in [0.05, 0.1) is 12.2 Å². The molecule has 0 saturated carbocycles. The zero-order chi connectivity index (χ0) is 16.3. The first kappa shape index (κ1) is 16.4. The quantitative estimate of drug-likeness (QED) is 0.922. The van der Waals surface area contributed by atoms with Crippen molar-refractivity contribution in [2.24, 2.45) is 5.41 Å². The summed E-state index contributed by atoms with van der Waals surface area (Å²) >= 11 is 0. The third-order valence-electron chi connectivity index (χ3n) is 3.90. The number of piperidine rings is 1. The van der Waals surface area contributed by atoms with Crippen LogP contribution in [0.15, 0.2) is 18.2 Å². The number of hydrogen-bond acceptors (Lipinski definition) is 3. The van der Waals surface area contributed by atoms with E-state index in [1.165, 1.54) is 12.0 Å². The van der Waals surface area contributed by atoms with Crippen LogP contribution < -0.4 is 0 Å². The molecule has 1 N–H and O–H groups in total. The van der Waals surface area contributed by atoms with Crippen molar-refractivity contribution in [1.29, 1.82) is 0 Å². The van der Waals surface area contributed by atoms with Gasteiger partial charge in [-0.2, -0.15) is 0 Å². The van der Waals surface area contributed by atoms with Crippen LogP contribution in [-0.2, 0) is 9.53 Å². The van der Waals surface area contributed by atoms with Gasteiger partial charge in [0, 0.05) is 20.2 Å². The van der Waals surface area contributed by atoms with Gasteiger partial charge in [-0.05, 0) is 31.0 Å². The van der Waals surface area contributed by atoms with Crippen LogP contribution in [0, 0.1) is 17.0 Å². The van der Waals surface area contributed by atoms with Crippen LogP contribution in [-0.4, -0.2) is 48.7 Å². The molecule has 1 atom stereocenters. The molecule has 2 rings (SSSR count). The minimum Gasteiger partial charge on any atom is -0.481 e. The van der Waals surface area contributed by atoms with Crippen molar-refractivity contribution in [2.75, 3.05) is 26.8 Å². The monoisotopic (exact) mass is 313 g/mol. The Balaban J connectivity index is 2.26. The summed E-state index contributed by atoms with van der Waals surface area (Å²) in [5.74, 6) is -3.32. The second-order valence-corrected chi connectivity index (χ2v) is 5.47. The number of carbonyl (C=O) groups is 2. The van der Waals surface area contributed by atoms with Crippen LogP contribution in [0.25, 0.3) is 0 Å².